The fourth-order valence-corrected chi connectivity index (χ4v) is 1.47. The Labute approximate surface area is 102 Å². The lowest BCUT2D eigenvalue weighted by Crippen LogP contribution is -2.06. The van der Waals surface area contributed by atoms with E-state index in [1.54, 1.807) is 0 Å². The summed E-state index contributed by atoms with van der Waals surface area (Å²) < 4.78 is 33.2. The average molecular weight is 265 g/mol. The second-order valence-corrected chi connectivity index (χ2v) is 3.48. The summed E-state index contributed by atoms with van der Waals surface area (Å²) in [6, 6.07) is 3.93. The Bertz CT molecular complexity index is 396. The van der Waals surface area contributed by atoms with Crippen LogP contribution < -0.4 is 9.47 Å². The molecule has 0 saturated carbocycles. The number of ketones is 1. The molecule has 0 radical (unpaired) electrons. The molecular weight excluding hydrogens is 254 g/mol. The molecule has 0 saturated heterocycles. The maximum atomic E-state index is 12.0. The van der Waals surface area contributed by atoms with Crippen molar-refractivity contribution in [2.75, 3.05) is 13.0 Å². The summed E-state index contributed by atoms with van der Waals surface area (Å²) in [5.41, 5.74) is 0.186. The summed E-state index contributed by atoms with van der Waals surface area (Å²) in [5.74, 6) is 0.0964. The molecule has 6 heteroatoms. The molecule has 0 unspecified atom stereocenters. The van der Waals surface area contributed by atoms with Gasteiger partial charge in [-0.25, -0.2) is 0 Å². The second kappa shape index (κ2) is 6.39. The van der Waals surface area contributed by atoms with Gasteiger partial charge in [0.2, 0.25) is 0 Å². The molecule has 3 nitrogen and oxygen atoms in total. The Balaban J connectivity index is 3.01. The van der Waals surface area contributed by atoms with Gasteiger partial charge in [-0.2, -0.15) is 8.78 Å². The van der Waals surface area contributed by atoms with Gasteiger partial charge in [-0.05, 0) is 18.2 Å². The van der Waals surface area contributed by atoms with E-state index in [1.165, 1.54) is 25.3 Å². The normalized spacial score (nSPS) is 10.4. The van der Waals surface area contributed by atoms with Crippen molar-refractivity contribution in [3.05, 3.63) is 23.8 Å². The fraction of sp³-hybridized carbons (Fsp3) is 0.364. The molecule has 94 valence electrons. The first-order valence-corrected chi connectivity index (χ1v) is 5.34. The van der Waals surface area contributed by atoms with E-state index in [1.807, 2.05) is 0 Å². The number of alkyl halides is 3. The molecule has 0 atom stereocenters. The predicted octanol–water partition coefficient (Wildman–Crippen LogP) is 3.11. The van der Waals surface area contributed by atoms with Gasteiger partial charge >= 0.3 is 6.61 Å². The number of rotatable bonds is 6. The molecule has 0 aromatic heterocycles. The number of methoxy groups -OCH3 is 1. The third-order valence-electron chi connectivity index (χ3n) is 2.02. The molecule has 0 bridgehead atoms. The Kier molecular flexibility index (Phi) is 5.15. The Morgan fingerprint density at radius 1 is 1.47 bits per heavy atom. The first kappa shape index (κ1) is 13.7. The van der Waals surface area contributed by atoms with E-state index in [-0.39, 0.29) is 29.4 Å². The highest BCUT2D eigenvalue weighted by Gasteiger charge is 2.14. The molecule has 0 amide bonds. The molecule has 0 spiro atoms. The van der Waals surface area contributed by atoms with Crippen LogP contribution in [-0.2, 0) is 0 Å². The van der Waals surface area contributed by atoms with Gasteiger partial charge in [0.05, 0.1) is 12.7 Å². The summed E-state index contributed by atoms with van der Waals surface area (Å²) >= 11 is 5.45. The van der Waals surface area contributed by atoms with Gasteiger partial charge in [0.15, 0.2) is 5.78 Å². The first-order valence-electron chi connectivity index (χ1n) is 4.80. The number of benzene rings is 1. The highest BCUT2D eigenvalue weighted by molar-refractivity contribution is 6.19. The molecular formula is C11H11ClF2O3. The minimum atomic E-state index is -2.93. The van der Waals surface area contributed by atoms with E-state index in [9.17, 15) is 13.6 Å². The molecule has 0 aliphatic rings. The molecule has 0 N–H and O–H groups in total. The van der Waals surface area contributed by atoms with E-state index in [0.717, 1.165) is 0 Å². The molecule has 0 aliphatic carbocycles. The highest BCUT2D eigenvalue weighted by atomic mass is 35.5. The highest BCUT2D eigenvalue weighted by Crippen LogP contribution is 2.26. The van der Waals surface area contributed by atoms with Crippen molar-refractivity contribution in [1.82, 2.24) is 0 Å². The Hall–Kier alpha value is -1.36. The minimum absolute atomic E-state index is 0.0845. The van der Waals surface area contributed by atoms with Crippen molar-refractivity contribution >= 4 is 17.4 Å². The van der Waals surface area contributed by atoms with Crippen LogP contribution >= 0.6 is 11.6 Å². The molecule has 0 fully saturated rings. The van der Waals surface area contributed by atoms with Crippen LogP contribution in [0.1, 0.15) is 16.8 Å². The van der Waals surface area contributed by atoms with E-state index in [2.05, 4.69) is 4.74 Å². The largest absolute Gasteiger partial charge is 0.496 e. The molecule has 1 aromatic rings. The maximum absolute atomic E-state index is 12.0. The standard InChI is InChI=1S/C11H11ClF2O3/c1-16-10-3-2-7(17-11(13)14)6-8(10)9(15)4-5-12/h2-3,6,11H,4-5H2,1H3. The summed E-state index contributed by atoms with van der Waals surface area (Å²) in [7, 11) is 1.39. The number of hydrogen-bond donors (Lipinski definition) is 0. The number of Topliss-reactive ketones (excluding diaryl/α,β-unsaturated/α-hetero) is 1. The summed E-state index contributed by atoms with van der Waals surface area (Å²) in [4.78, 5) is 11.7. The lowest BCUT2D eigenvalue weighted by Gasteiger charge is -2.10. The Morgan fingerprint density at radius 3 is 2.71 bits per heavy atom. The van der Waals surface area contributed by atoms with Gasteiger partial charge in [-0.15, -0.1) is 11.6 Å². The van der Waals surface area contributed by atoms with Crippen molar-refractivity contribution in [3.63, 3.8) is 0 Å². The first-order chi connectivity index (χ1) is 8.08. The van der Waals surface area contributed by atoms with Crippen molar-refractivity contribution in [2.45, 2.75) is 13.0 Å². The van der Waals surface area contributed by atoms with E-state index in [0.29, 0.717) is 5.75 Å². The van der Waals surface area contributed by atoms with Gasteiger partial charge in [-0.3, -0.25) is 4.79 Å². The molecule has 1 aromatic carbocycles. The van der Waals surface area contributed by atoms with Crippen LogP contribution in [0.25, 0.3) is 0 Å². The van der Waals surface area contributed by atoms with Gasteiger partial charge < -0.3 is 9.47 Å². The van der Waals surface area contributed by atoms with Crippen LogP contribution in [0.5, 0.6) is 11.5 Å². The number of hydrogen-bond acceptors (Lipinski definition) is 3. The van der Waals surface area contributed by atoms with Crippen LogP contribution in [0.3, 0.4) is 0 Å². The molecule has 1 rings (SSSR count). The van der Waals surface area contributed by atoms with Crippen LogP contribution in [0.4, 0.5) is 8.78 Å². The fourth-order valence-electron chi connectivity index (χ4n) is 1.30. The monoisotopic (exact) mass is 264 g/mol. The number of carbonyl (C=O) groups is 1. The van der Waals surface area contributed by atoms with Gasteiger partial charge in [0.1, 0.15) is 11.5 Å². The maximum Gasteiger partial charge on any atom is 0.387 e. The number of halogens is 3. The van der Waals surface area contributed by atoms with Crippen molar-refractivity contribution in [3.8, 4) is 11.5 Å². The molecule has 0 aliphatic heterocycles. The van der Waals surface area contributed by atoms with Crippen LogP contribution in [0, 0.1) is 0 Å². The zero-order chi connectivity index (χ0) is 12.8. The van der Waals surface area contributed by atoms with Crippen molar-refractivity contribution in [2.24, 2.45) is 0 Å². The van der Waals surface area contributed by atoms with Gasteiger partial charge in [0.25, 0.3) is 0 Å². The van der Waals surface area contributed by atoms with Crippen molar-refractivity contribution < 1.29 is 23.0 Å². The smallest absolute Gasteiger partial charge is 0.387 e. The minimum Gasteiger partial charge on any atom is -0.496 e. The summed E-state index contributed by atoms with van der Waals surface area (Å²) in [6.07, 6.45) is 0.107. The zero-order valence-electron chi connectivity index (χ0n) is 9.08. The molecule has 0 heterocycles. The van der Waals surface area contributed by atoms with Crippen LogP contribution in [0.15, 0.2) is 18.2 Å². The van der Waals surface area contributed by atoms with E-state index in [4.69, 9.17) is 16.3 Å². The lowest BCUT2D eigenvalue weighted by molar-refractivity contribution is -0.0499. The summed E-state index contributed by atoms with van der Waals surface area (Å²) in [6.45, 7) is -2.93. The van der Waals surface area contributed by atoms with Crippen LogP contribution in [-0.4, -0.2) is 25.4 Å². The SMILES string of the molecule is COc1ccc(OC(F)F)cc1C(=O)CCCl. The van der Waals surface area contributed by atoms with Gasteiger partial charge in [-0.1, -0.05) is 0 Å². The number of carbonyl (C=O) groups excluding carboxylic acids is 1. The van der Waals surface area contributed by atoms with E-state index < -0.39 is 6.61 Å². The second-order valence-electron chi connectivity index (χ2n) is 3.10. The zero-order valence-corrected chi connectivity index (χ0v) is 9.84. The average Bonchev–Trinajstić information content (AvgIpc) is 2.28. The van der Waals surface area contributed by atoms with E-state index >= 15 is 0 Å². The van der Waals surface area contributed by atoms with Crippen LogP contribution in [0.2, 0.25) is 0 Å². The van der Waals surface area contributed by atoms with Crippen molar-refractivity contribution in [1.29, 1.82) is 0 Å². The third-order valence-corrected chi connectivity index (χ3v) is 2.21. The van der Waals surface area contributed by atoms with Gasteiger partial charge in [0, 0.05) is 12.3 Å². The lowest BCUT2D eigenvalue weighted by atomic mass is 10.1. The number of ether oxygens (including phenoxy) is 2. The Morgan fingerprint density at radius 2 is 2.18 bits per heavy atom. The quantitative estimate of drug-likeness (QED) is 0.585. The summed E-state index contributed by atoms with van der Waals surface area (Å²) in [5, 5.41) is 0. The topological polar surface area (TPSA) is 35.5 Å². The predicted molar refractivity (Wildman–Crippen MR) is 59.3 cm³/mol. The molecule has 17 heavy (non-hydrogen) atoms. The third kappa shape index (κ3) is 3.85.